The van der Waals surface area contributed by atoms with Gasteiger partial charge in [0.15, 0.2) is 17.4 Å². The monoisotopic (exact) mass is 354 g/mol. The summed E-state index contributed by atoms with van der Waals surface area (Å²) in [4.78, 5) is 12.1. The molecule has 4 nitrogen and oxygen atoms in total. The summed E-state index contributed by atoms with van der Waals surface area (Å²) in [6.07, 6.45) is 0. The molecule has 6 heteroatoms. The van der Waals surface area contributed by atoms with E-state index in [4.69, 9.17) is 4.74 Å². The minimum atomic E-state index is -0.952. The third-order valence-corrected chi connectivity index (χ3v) is 3.54. The molecule has 0 bridgehead atoms. The first kappa shape index (κ1) is 17.4. The topological polar surface area (TPSA) is 50.4 Å². The van der Waals surface area contributed by atoms with E-state index in [0.29, 0.717) is 22.7 Å². The minimum Gasteiger partial charge on any atom is -0.455 e. The van der Waals surface area contributed by atoms with Crippen molar-refractivity contribution < 1.29 is 18.3 Å². The van der Waals surface area contributed by atoms with Gasteiger partial charge in [-0.25, -0.2) is 13.6 Å². The Morgan fingerprint density at radius 2 is 1.62 bits per heavy atom. The van der Waals surface area contributed by atoms with Crippen molar-refractivity contribution in [3.8, 4) is 11.5 Å². The molecule has 0 radical (unpaired) electrons. The molecular formula is C20H16F2N2O2. The van der Waals surface area contributed by atoms with Crippen molar-refractivity contribution in [3.63, 3.8) is 0 Å². The number of carbonyl (C=O) groups excluding carboxylic acids is 1. The molecule has 0 saturated heterocycles. The first-order valence-corrected chi connectivity index (χ1v) is 7.92. The smallest absolute Gasteiger partial charge is 0.319 e. The lowest BCUT2D eigenvalue weighted by atomic mass is 10.2. The first-order valence-electron chi connectivity index (χ1n) is 7.92. The van der Waals surface area contributed by atoms with Crippen LogP contribution in [-0.2, 0) is 6.54 Å². The van der Waals surface area contributed by atoms with Crippen molar-refractivity contribution in [2.45, 2.75) is 6.54 Å². The number of halogens is 2. The molecule has 132 valence electrons. The van der Waals surface area contributed by atoms with Gasteiger partial charge in [0.25, 0.3) is 0 Å². The van der Waals surface area contributed by atoms with Crippen molar-refractivity contribution in [3.05, 3.63) is 90.0 Å². The van der Waals surface area contributed by atoms with E-state index in [9.17, 15) is 13.6 Å². The second kappa shape index (κ2) is 8.11. The zero-order valence-electron chi connectivity index (χ0n) is 13.7. The van der Waals surface area contributed by atoms with Gasteiger partial charge in [-0.1, -0.05) is 36.4 Å². The van der Waals surface area contributed by atoms with E-state index in [-0.39, 0.29) is 6.54 Å². The van der Waals surface area contributed by atoms with Crippen LogP contribution in [0.15, 0.2) is 72.8 Å². The van der Waals surface area contributed by atoms with E-state index >= 15 is 0 Å². The summed E-state index contributed by atoms with van der Waals surface area (Å²) in [5.74, 6) is -0.748. The fourth-order valence-corrected chi connectivity index (χ4v) is 2.27. The van der Waals surface area contributed by atoms with Gasteiger partial charge in [-0.05, 0) is 42.0 Å². The van der Waals surface area contributed by atoms with Gasteiger partial charge < -0.3 is 15.4 Å². The molecule has 0 aliphatic carbocycles. The van der Waals surface area contributed by atoms with Gasteiger partial charge in [0.05, 0.1) is 5.69 Å². The number of para-hydroxylation sites is 3. The van der Waals surface area contributed by atoms with Gasteiger partial charge in [0, 0.05) is 6.54 Å². The number of urea groups is 1. The molecule has 0 atom stereocenters. The van der Waals surface area contributed by atoms with Crippen LogP contribution < -0.4 is 15.4 Å². The fraction of sp³-hybridized carbons (Fsp3) is 0.0500. The molecule has 0 saturated carbocycles. The summed E-state index contributed by atoms with van der Waals surface area (Å²) in [6.45, 7) is 0.0603. The first-order chi connectivity index (χ1) is 12.6. The molecule has 26 heavy (non-hydrogen) atoms. The van der Waals surface area contributed by atoms with Crippen LogP contribution in [-0.4, -0.2) is 6.03 Å². The van der Waals surface area contributed by atoms with E-state index < -0.39 is 17.7 Å². The Balaban J connectivity index is 1.63. The van der Waals surface area contributed by atoms with E-state index in [1.807, 2.05) is 18.2 Å². The second-order valence-electron chi connectivity index (χ2n) is 5.47. The van der Waals surface area contributed by atoms with Crippen molar-refractivity contribution in [2.75, 3.05) is 5.32 Å². The number of nitrogens with one attached hydrogen (secondary N) is 2. The second-order valence-corrected chi connectivity index (χ2v) is 5.47. The Labute approximate surface area is 149 Å². The Morgan fingerprint density at radius 1 is 0.885 bits per heavy atom. The Bertz CT molecular complexity index is 901. The van der Waals surface area contributed by atoms with Gasteiger partial charge in [-0.15, -0.1) is 0 Å². The SMILES string of the molecule is O=C(NCc1ccc(F)c(F)c1)Nc1ccccc1Oc1ccccc1. The van der Waals surface area contributed by atoms with Crippen molar-refractivity contribution in [2.24, 2.45) is 0 Å². The Morgan fingerprint density at radius 3 is 2.38 bits per heavy atom. The summed E-state index contributed by atoms with van der Waals surface area (Å²) >= 11 is 0. The summed E-state index contributed by atoms with van der Waals surface area (Å²) in [5.41, 5.74) is 0.937. The molecule has 3 aromatic rings. The number of hydrogen-bond acceptors (Lipinski definition) is 2. The summed E-state index contributed by atoms with van der Waals surface area (Å²) in [6, 6.07) is 19.2. The van der Waals surface area contributed by atoms with E-state index in [0.717, 1.165) is 12.1 Å². The van der Waals surface area contributed by atoms with Crippen LogP contribution in [0.3, 0.4) is 0 Å². The number of hydrogen-bond donors (Lipinski definition) is 2. The van der Waals surface area contributed by atoms with Gasteiger partial charge in [-0.2, -0.15) is 0 Å². The zero-order valence-corrected chi connectivity index (χ0v) is 13.7. The average molecular weight is 354 g/mol. The number of rotatable bonds is 5. The number of benzene rings is 3. The molecule has 2 amide bonds. The standard InChI is InChI=1S/C20H16F2N2O2/c21-16-11-10-14(12-17(16)22)13-23-20(25)24-18-8-4-5-9-19(18)26-15-6-2-1-3-7-15/h1-12H,13H2,(H2,23,24,25). The third kappa shape index (κ3) is 4.57. The fourth-order valence-electron chi connectivity index (χ4n) is 2.27. The molecule has 0 heterocycles. The van der Waals surface area contributed by atoms with Crippen LogP contribution in [0.5, 0.6) is 11.5 Å². The molecule has 3 rings (SSSR count). The molecule has 0 unspecified atom stereocenters. The highest BCUT2D eigenvalue weighted by Crippen LogP contribution is 2.28. The van der Waals surface area contributed by atoms with Crippen LogP contribution in [0.4, 0.5) is 19.3 Å². The Hall–Kier alpha value is -3.41. The molecule has 2 N–H and O–H groups in total. The molecule has 3 aromatic carbocycles. The maximum absolute atomic E-state index is 13.2. The lowest BCUT2D eigenvalue weighted by Gasteiger charge is -2.13. The Kier molecular flexibility index (Phi) is 5.43. The quantitative estimate of drug-likeness (QED) is 0.671. The molecule has 0 aromatic heterocycles. The van der Waals surface area contributed by atoms with Gasteiger partial charge in [0.1, 0.15) is 5.75 Å². The highest BCUT2D eigenvalue weighted by atomic mass is 19.2. The van der Waals surface area contributed by atoms with Crippen molar-refractivity contribution in [1.29, 1.82) is 0 Å². The molecule has 0 aliphatic heterocycles. The lowest BCUT2D eigenvalue weighted by molar-refractivity contribution is 0.251. The number of amides is 2. The predicted octanol–water partition coefficient (Wildman–Crippen LogP) is 5.08. The van der Waals surface area contributed by atoms with E-state index in [2.05, 4.69) is 10.6 Å². The summed E-state index contributed by atoms with van der Waals surface area (Å²) in [5, 5.41) is 5.27. The molecule has 0 fully saturated rings. The number of carbonyl (C=O) groups is 1. The number of ether oxygens (including phenoxy) is 1. The maximum Gasteiger partial charge on any atom is 0.319 e. The van der Waals surface area contributed by atoms with Crippen molar-refractivity contribution in [1.82, 2.24) is 5.32 Å². The highest BCUT2D eigenvalue weighted by Gasteiger charge is 2.09. The highest BCUT2D eigenvalue weighted by molar-refractivity contribution is 5.90. The maximum atomic E-state index is 13.2. The molecule has 0 spiro atoms. The average Bonchev–Trinajstić information content (AvgIpc) is 2.65. The zero-order chi connectivity index (χ0) is 18.4. The normalized spacial score (nSPS) is 10.2. The van der Waals surface area contributed by atoms with Gasteiger partial charge >= 0.3 is 6.03 Å². The van der Waals surface area contributed by atoms with Crippen LogP contribution in [0.2, 0.25) is 0 Å². The largest absolute Gasteiger partial charge is 0.455 e. The third-order valence-electron chi connectivity index (χ3n) is 3.54. The lowest BCUT2D eigenvalue weighted by Crippen LogP contribution is -2.28. The molecule has 0 aliphatic rings. The van der Waals surface area contributed by atoms with Gasteiger partial charge in [0.2, 0.25) is 0 Å². The van der Waals surface area contributed by atoms with Crippen molar-refractivity contribution >= 4 is 11.7 Å². The van der Waals surface area contributed by atoms with E-state index in [1.165, 1.54) is 6.07 Å². The van der Waals surface area contributed by atoms with Crippen LogP contribution in [0, 0.1) is 11.6 Å². The van der Waals surface area contributed by atoms with Crippen LogP contribution >= 0.6 is 0 Å². The summed E-state index contributed by atoms with van der Waals surface area (Å²) in [7, 11) is 0. The van der Waals surface area contributed by atoms with Gasteiger partial charge in [-0.3, -0.25) is 0 Å². The van der Waals surface area contributed by atoms with Crippen LogP contribution in [0.1, 0.15) is 5.56 Å². The number of anilines is 1. The summed E-state index contributed by atoms with van der Waals surface area (Å²) < 4.78 is 31.9. The van der Waals surface area contributed by atoms with Crippen LogP contribution in [0.25, 0.3) is 0 Å². The minimum absolute atomic E-state index is 0.0603. The predicted molar refractivity (Wildman–Crippen MR) is 95.2 cm³/mol. The molecular weight excluding hydrogens is 338 g/mol. The van der Waals surface area contributed by atoms with E-state index in [1.54, 1.807) is 36.4 Å².